The summed E-state index contributed by atoms with van der Waals surface area (Å²) in [7, 11) is -0.861. The Bertz CT molecular complexity index is 997. The SMILES string of the molecule is CC1(C)OB(C(=Cc2cc(F)cc(F)c2N)CNC(=O)OCc2ccccc2)OC1(C)C. The molecule has 1 heterocycles. The van der Waals surface area contributed by atoms with Crippen LogP contribution in [0.5, 0.6) is 0 Å². The lowest BCUT2D eigenvalue weighted by molar-refractivity contribution is 0.00578. The number of ether oxygens (including phenoxy) is 1. The predicted molar refractivity (Wildman–Crippen MR) is 119 cm³/mol. The first-order valence-electron chi connectivity index (χ1n) is 10.2. The van der Waals surface area contributed by atoms with Gasteiger partial charge in [0.1, 0.15) is 18.2 Å². The molecule has 3 N–H and O–H groups in total. The molecule has 0 unspecified atom stereocenters. The number of nitrogen functional groups attached to an aromatic ring is 1. The number of halogens is 2. The average molecular weight is 444 g/mol. The molecular weight excluding hydrogens is 417 g/mol. The fourth-order valence-corrected chi connectivity index (χ4v) is 3.07. The molecule has 3 rings (SSSR count). The van der Waals surface area contributed by atoms with Gasteiger partial charge in [-0.1, -0.05) is 36.4 Å². The molecule has 1 aliphatic rings. The molecule has 9 heteroatoms. The van der Waals surface area contributed by atoms with Crippen LogP contribution in [0.1, 0.15) is 38.8 Å². The van der Waals surface area contributed by atoms with Crippen LogP contribution in [0.2, 0.25) is 0 Å². The van der Waals surface area contributed by atoms with Crippen molar-refractivity contribution in [3.63, 3.8) is 0 Å². The molecular formula is C23H27BF2N2O4. The van der Waals surface area contributed by atoms with Gasteiger partial charge in [-0.2, -0.15) is 0 Å². The molecule has 1 saturated heterocycles. The number of benzene rings is 2. The number of carbonyl (C=O) groups is 1. The highest BCUT2D eigenvalue weighted by atomic mass is 19.1. The second-order valence-corrected chi connectivity index (χ2v) is 8.61. The van der Waals surface area contributed by atoms with E-state index in [4.69, 9.17) is 19.8 Å². The summed E-state index contributed by atoms with van der Waals surface area (Å²) in [5.41, 5.74) is 5.66. The van der Waals surface area contributed by atoms with Crippen LogP contribution in [-0.4, -0.2) is 31.0 Å². The van der Waals surface area contributed by atoms with Gasteiger partial charge in [0.25, 0.3) is 0 Å². The Morgan fingerprint density at radius 2 is 1.75 bits per heavy atom. The van der Waals surface area contributed by atoms with Crippen molar-refractivity contribution in [2.75, 3.05) is 12.3 Å². The van der Waals surface area contributed by atoms with E-state index in [0.29, 0.717) is 11.5 Å². The van der Waals surface area contributed by atoms with E-state index in [1.54, 1.807) is 0 Å². The van der Waals surface area contributed by atoms with E-state index in [9.17, 15) is 13.6 Å². The Morgan fingerprint density at radius 3 is 2.38 bits per heavy atom. The van der Waals surface area contributed by atoms with Crippen LogP contribution in [0.15, 0.2) is 47.9 Å². The van der Waals surface area contributed by atoms with Crippen molar-refractivity contribution in [3.05, 3.63) is 70.7 Å². The van der Waals surface area contributed by atoms with Crippen LogP contribution in [0.25, 0.3) is 6.08 Å². The molecule has 0 aliphatic carbocycles. The first kappa shape index (κ1) is 23.8. The minimum atomic E-state index is -0.875. The molecule has 0 radical (unpaired) electrons. The maximum Gasteiger partial charge on any atom is 0.492 e. The molecule has 0 aromatic heterocycles. The molecule has 0 atom stereocenters. The van der Waals surface area contributed by atoms with E-state index < -0.39 is 36.0 Å². The van der Waals surface area contributed by atoms with Crippen molar-refractivity contribution in [2.24, 2.45) is 0 Å². The zero-order valence-corrected chi connectivity index (χ0v) is 18.6. The van der Waals surface area contributed by atoms with Crippen LogP contribution >= 0.6 is 0 Å². The summed E-state index contributed by atoms with van der Waals surface area (Å²) in [6, 6.07) is 11.1. The van der Waals surface area contributed by atoms with Crippen LogP contribution in [-0.2, 0) is 20.7 Å². The standard InChI is InChI=1S/C23H27BF2N2O4/c1-22(2)23(3,4)32-24(31-22)17(10-16-11-18(25)12-19(26)20(16)27)13-28-21(29)30-14-15-8-6-5-7-9-15/h5-12H,13-14,27H2,1-4H3,(H,28,29). The van der Waals surface area contributed by atoms with Gasteiger partial charge >= 0.3 is 13.2 Å². The largest absolute Gasteiger partial charge is 0.492 e. The van der Waals surface area contributed by atoms with E-state index in [0.717, 1.165) is 11.6 Å². The summed E-state index contributed by atoms with van der Waals surface area (Å²) >= 11 is 0. The Morgan fingerprint density at radius 1 is 1.12 bits per heavy atom. The van der Waals surface area contributed by atoms with Crippen molar-refractivity contribution in [1.82, 2.24) is 5.32 Å². The molecule has 1 amide bonds. The number of amides is 1. The van der Waals surface area contributed by atoms with E-state index in [1.807, 2.05) is 58.0 Å². The zero-order valence-electron chi connectivity index (χ0n) is 18.6. The minimum Gasteiger partial charge on any atom is -0.445 e. The number of carbonyl (C=O) groups excluding carboxylic acids is 1. The summed E-state index contributed by atoms with van der Waals surface area (Å²) in [4.78, 5) is 12.2. The molecule has 170 valence electrons. The van der Waals surface area contributed by atoms with E-state index >= 15 is 0 Å². The second-order valence-electron chi connectivity index (χ2n) is 8.61. The van der Waals surface area contributed by atoms with Crippen LogP contribution in [0, 0.1) is 11.6 Å². The van der Waals surface area contributed by atoms with Crippen LogP contribution in [0.3, 0.4) is 0 Å². The van der Waals surface area contributed by atoms with Gasteiger partial charge in [0.15, 0.2) is 0 Å². The molecule has 0 spiro atoms. The minimum absolute atomic E-state index is 0.0397. The Hall–Kier alpha value is -2.91. The third-order valence-corrected chi connectivity index (χ3v) is 5.67. The van der Waals surface area contributed by atoms with Crippen molar-refractivity contribution < 1.29 is 27.6 Å². The number of alkyl carbamates (subject to hydrolysis) is 1. The fraction of sp³-hybridized carbons (Fsp3) is 0.348. The number of nitrogens with two attached hydrogens (primary N) is 1. The van der Waals surface area contributed by atoms with Crippen LogP contribution < -0.4 is 11.1 Å². The Balaban J connectivity index is 1.79. The predicted octanol–water partition coefficient (Wildman–Crippen LogP) is 4.49. The molecule has 0 saturated carbocycles. The normalized spacial score (nSPS) is 17.3. The monoisotopic (exact) mass is 444 g/mol. The van der Waals surface area contributed by atoms with E-state index in [2.05, 4.69) is 5.32 Å². The Kier molecular flexibility index (Phi) is 6.90. The van der Waals surface area contributed by atoms with Gasteiger partial charge in [-0.05, 0) is 44.8 Å². The molecule has 1 fully saturated rings. The fourth-order valence-electron chi connectivity index (χ4n) is 3.07. The molecule has 2 aromatic carbocycles. The van der Waals surface area contributed by atoms with Gasteiger partial charge in [-0.3, -0.25) is 0 Å². The van der Waals surface area contributed by atoms with Gasteiger partial charge < -0.3 is 25.1 Å². The quantitative estimate of drug-likeness (QED) is 0.507. The topological polar surface area (TPSA) is 82.8 Å². The first-order valence-corrected chi connectivity index (χ1v) is 10.2. The highest BCUT2D eigenvalue weighted by Crippen LogP contribution is 2.39. The first-order chi connectivity index (χ1) is 15.0. The van der Waals surface area contributed by atoms with Crippen molar-refractivity contribution in [2.45, 2.75) is 45.5 Å². The lowest BCUT2D eigenvalue weighted by Gasteiger charge is -2.32. The number of nitrogens with one attached hydrogen (secondary N) is 1. The summed E-state index contributed by atoms with van der Waals surface area (Å²) in [5.74, 6) is -1.65. The smallest absolute Gasteiger partial charge is 0.445 e. The molecule has 2 aromatic rings. The summed E-state index contributed by atoms with van der Waals surface area (Å²) in [6.45, 7) is 7.57. The van der Waals surface area contributed by atoms with E-state index in [-0.39, 0.29) is 24.4 Å². The van der Waals surface area contributed by atoms with Gasteiger partial charge in [0.2, 0.25) is 0 Å². The molecule has 1 aliphatic heterocycles. The van der Waals surface area contributed by atoms with Gasteiger partial charge in [-0.25, -0.2) is 13.6 Å². The number of hydrogen-bond acceptors (Lipinski definition) is 5. The van der Waals surface area contributed by atoms with Crippen molar-refractivity contribution in [3.8, 4) is 0 Å². The highest BCUT2D eigenvalue weighted by Gasteiger charge is 2.52. The van der Waals surface area contributed by atoms with Crippen LogP contribution in [0.4, 0.5) is 19.3 Å². The summed E-state index contributed by atoms with van der Waals surface area (Å²) in [5, 5.41) is 2.64. The summed E-state index contributed by atoms with van der Waals surface area (Å²) in [6.07, 6.45) is 0.802. The molecule has 0 bridgehead atoms. The van der Waals surface area contributed by atoms with Gasteiger partial charge in [-0.15, -0.1) is 0 Å². The van der Waals surface area contributed by atoms with Gasteiger partial charge in [0, 0.05) is 18.2 Å². The number of rotatable bonds is 6. The molecule has 6 nitrogen and oxygen atoms in total. The summed E-state index contributed by atoms with van der Waals surface area (Å²) < 4.78 is 45.1. The number of hydrogen-bond donors (Lipinski definition) is 2. The maximum absolute atomic E-state index is 13.9. The van der Waals surface area contributed by atoms with E-state index in [1.165, 1.54) is 6.08 Å². The van der Waals surface area contributed by atoms with Gasteiger partial charge in [0.05, 0.1) is 16.9 Å². The highest BCUT2D eigenvalue weighted by molar-refractivity contribution is 6.56. The van der Waals surface area contributed by atoms with Crippen molar-refractivity contribution >= 4 is 25.0 Å². The number of anilines is 1. The lowest BCUT2D eigenvalue weighted by atomic mass is 9.77. The Labute approximate surface area is 186 Å². The van der Waals surface area contributed by atoms with Crippen molar-refractivity contribution in [1.29, 1.82) is 0 Å². The molecule has 32 heavy (non-hydrogen) atoms. The average Bonchev–Trinajstić information content (AvgIpc) is 2.94. The third-order valence-electron chi connectivity index (χ3n) is 5.67. The third kappa shape index (κ3) is 5.47. The lowest BCUT2D eigenvalue weighted by Crippen LogP contribution is -2.41. The zero-order chi connectivity index (χ0) is 23.5. The maximum atomic E-state index is 13.9. The second kappa shape index (κ2) is 9.30.